The van der Waals surface area contributed by atoms with Crippen molar-refractivity contribution in [2.75, 3.05) is 19.6 Å². The first-order chi connectivity index (χ1) is 7.74. The quantitative estimate of drug-likeness (QED) is 0.622. The van der Waals surface area contributed by atoms with Crippen LogP contribution in [0.4, 0.5) is 0 Å². The van der Waals surface area contributed by atoms with E-state index in [2.05, 4.69) is 10.2 Å². The van der Waals surface area contributed by atoms with E-state index in [9.17, 15) is 9.59 Å². The van der Waals surface area contributed by atoms with Crippen LogP contribution in [0.1, 0.15) is 19.8 Å². The van der Waals surface area contributed by atoms with E-state index in [1.54, 1.807) is 0 Å². The zero-order chi connectivity index (χ0) is 11.3. The highest BCUT2D eigenvalue weighted by atomic mass is 16.2. The number of likely N-dealkylation sites (N-methyl/N-ethyl adjacent to an activating group) is 1. The molecule has 1 N–H and O–H groups in total. The van der Waals surface area contributed by atoms with Crippen molar-refractivity contribution < 1.29 is 9.59 Å². The molecule has 5 heteroatoms. The van der Waals surface area contributed by atoms with E-state index in [0.29, 0.717) is 6.54 Å². The van der Waals surface area contributed by atoms with Crippen LogP contribution >= 0.6 is 0 Å². The van der Waals surface area contributed by atoms with Gasteiger partial charge >= 0.3 is 0 Å². The van der Waals surface area contributed by atoms with Crippen LogP contribution in [0.5, 0.6) is 0 Å². The van der Waals surface area contributed by atoms with Gasteiger partial charge in [0.05, 0.1) is 12.1 Å². The zero-order valence-corrected chi connectivity index (χ0v) is 9.48. The van der Waals surface area contributed by atoms with Gasteiger partial charge in [-0.15, -0.1) is 0 Å². The summed E-state index contributed by atoms with van der Waals surface area (Å²) in [6, 6.07) is 0.0323. The van der Waals surface area contributed by atoms with E-state index in [0.717, 1.165) is 25.9 Å². The minimum atomic E-state index is -0.0925. The number of piperazine rings is 1. The standard InChI is InChI=1S/C11H17N3O2/c1-2-12-10(15)9-8-6-14(8)11(16)7-4-3-5-13(7)9/h7-9H,2-6H2,1H3,(H,12,15)/t7-,8-,9?,14?/m0/s1. The van der Waals surface area contributed by atoms with Gasteiger partial charge in [-0.25, -0.2) is 0 Å². The van der Waals surface area contributed by atoms with Crippen LogP contribution in [0.25, 0.3) is 0 Å². The molecule has 3 saturated heterocycles. The Labute approximate surface area is 94.8 Å². The Hall–Kier alpha value is -1.10. The number of fused-ring (bicyclic) bond motifs is 2. The van der Waals surface area contributed by atoms with E-state index in [1.807, 2.05) is 11.8 Å². The molecule has 3 aliphatic heterocycles. The lowest BCUT2D eigenvalue weighted by Crippen LogP contribution is -2.59. The first kappa shape index (κ1) is 10.1. The van der Waals surface area contributed by atoms with Gasteiger partial charge in [0.15, 0.2) is 0 Å². The molecule has 0 aromatic heterocycles. The largest absolute Gasteiger partial charge is 0.355 e. The maximum atomic E-state index is 12.0. The normalized spacial score (nSPS) is 36.9. The van der Waals surface area contributed by atoms with Gasteiger partial charge in [0, 0.05) is 13.1 Å². The van der Waals surface area contributed by atoms with Crippen LogP contribution in [-0.2, 0) is 9.59 Å². The molecule has 0 aromatic rings. The van der Waals surface area contributed by atoms with E-state index >= 15 is 0 Å². The number of amides is 2. The van der Waals surface area contributed by atoms with Crippen molar-refractivity contribution >= 4 is 11.8 Å². The average Bonchev–Trinajstić information content (AvgIpc) is 2.88. The predicted octanol–water partition coefficient (Wildman–Crippen LogP) is -0.820. The molecule has 0 bridgehead atoms. The summed E-state index contributed by atoms with van der Waals surface area (Å²) >= 11 is 0. The molecule has 3 heterocycles. The van der Waals surface area contributed by atoms with Crippen molar-refractivity contribution in [2.45, 2.75) is 37.9 Å². The Bertz CT molecular complexity index is 344. The number of nitrogens with one attached hydrogen (secondary N) is 1. The molecule has 3 aliphatic rings. The topological polar surface area (TPSA) is 52.4 Å². The Morgan fingerprint density at radius 2 is 2.38 bits per heavy atom. The third kappa shape index (κ3) is 1.27. The first-order valence-electron chi connectivity index (χ1n) is 6.08. The van der Waals surface area contributed by atoms with E-state index < -0.39 is 0 Å². The van der Waals surface area contributed by atoms with Crippen molar-refractivity contribution in [3.8, 4) is 0 Å². The van der Waals surface area contributed by atoms with Gasteiger partial charge in [-0.05, 0) is 26.3 Å². The van der Waals surface area contributed by atoms with Gasteiger partial charge in [-0.3, -0.25) is 14.5 Å². The predicted molar refractivity (Wildman–Crippen MR) is 57.7 cm³/mol. The van der Waals surface area contributed by atoms with Gasteiger partial charge in [0.25, 0.3) is 0 Å². The summed E-state index contributed by atoms with van der Waals surface area (Å²) in [6.45, 7) is 4.25. The summed E-state index contributed by atoms with van der Waals surface area (Å²) in [6.07, 6.45) is 1.95. The molecule has 3 rings (SSSR count). The van der Waals surface area contributed by atoms with Crippen LogP contribution in [0.3, 0.4) is 0 Å². The van der Waals surface area contributed by atoms with Crippen molar-refractivity contribution in [1.82, 2.24) is 15.1 Å². The lowest BCUT2D eigenvalue weighted by molar-refractivity contribution is -0.139. The van der Waals surface area contributed by atoms with E-state index in [-0.39, 0.29) is 29.9 Å². The van der Waals surface area contributed by atoms with E-state index in [1.165, 1.54) is 0 Å². The summed E-state index contributed by atoms with van der Waals surface area (Å²) in [5.41, 5.74) is 0. The Morgan fingerprint density at radius 1 is 1.56 bits per heavy atom. The molecule has 0 aromatic carbocycles. The monoisotopic (exact) mass is 223 g/mol. The van der Waals surface area contributed by atoms with Gasteiger partial charge < -0.3 is 10.2 Å². The maximum absolute atomic E-state index is 12.0. The highest BCUT2D eigenvalue weighted by molar-refractivity contribution is 5.92. The number of hydrogen-bond acceptors (Lipinski definition) is 3. The summed E-state index contributed by atoms with van der Waals surface area (Å²) in [7, 11) is 0. The molecule has 5 nitrogen and oxygen atoms in total. The first-order valence-corrected chi connectivity index (χ1v) is 6.08. The molecule has 0 aliphatic carbocycles. The van der Waals surface area contributed by atoms with Gasteiger partial charge in [0.2, 0.25) is 11.8 Å². The van der Waals surface area contributed by atoms with Crippen molar-refractivity contribution in [2.24, 2.45) is 0 Å². The minimum absolute atomic E-state index is 0.0219. The lowest BCUT2D eigenvalue weighted by atomic mass is 10.1. The number of nitrogens with zero attached hydrogens (tertiary/aromatic N) is 2. The molecular formula is C11H17N3O2. The van der Waals surface area contributed by atoms with Crippen LogP contribution in [0.15, 0.2) is 0 Å². The fourth-order valence-electron chi connectivity index (χ4n) is 3.08. The molecule has 3 atom stereocenters. The van der Waals surface area contributed by atoms with Crippen LogP contribution in [0, 0.1) is 0 Å². The number of rotatable bonds is 2. The Balaban J connectivity index is 1.83. The average molecular weight is 223 g/mol. The molecule has 3 fully saturated rings. The maximum Gasteiger partial charge on any atom is 0.240 e. The molecule has 16 heavy (non-hydrogen) atoms. The smallest absolute Gasteiger partial charge is 0.240 e. The zero-order valence-electron chi connectivity index (χ0n) is 9.48. The molecule has 0 saturated carbocycles. The van der Waals surface area contributed by atoms with Crippen molar-refractivity contribution in [3.63, 3.8) is 0 Å². The summed E-state index contributed by atoms with van der Waals surface area (Å²) < 4.78 is 0. The lowest BCUT2D eigenvalue weighted by Gasteiger charge is -2.35. The SMILES string of the molecule is CCNC(=O)C1[C@@H]2CN2C(=O)[C@@H]2CCCN12. The molecule has 0 radical (unpaired) electrons. The van der Waals surface area contributed by atoms with Gasteiger partial charge in [-0.2, -0.15) is 0 Å². The minimum Gasteiger partial charge on any atom is -0.355 e. The van der Waals surface area contributed by atoms with Crippen molar-refractivity contribution in [1.29, 1.82) is 0 Å². The third-order valence-electron chi connectivity index (χ3n) is 3.85. The molecular weight excluding hydrogens is 206 g/mol. The molecule has 0 spiro atoms. The number of carbonyl (C=O) groups is 2. The van der Waals surface area contributed by atoms with Crippen LogP contribution in [-0.4, -0.2) is 59.4 Å². The van der Waals surface area contributed by atoms with E-state index in [4.69, 9.17) is 0 Å². The summed E-state index contributed by atoms with van der Waals surface area (Å²) in [5, 5.41) is 2.88. The molecule has 88 valence electrons. The summed E-state index contributed by atoms with van der Waals surface area (Å²) in [5.74, 6) is 0.331. The molecule has 2 amide bonds. The third-order valence-corrected chi connectivity index (χ3v) is 3.85. The second-order valence-electron chi connectivity index (χ2n) is 4.79. The van der Waals surface area contributed by atoms with Gasteiger partial charge in [0.1, 0.15) is 6.04 Å². The fourth-order valence-corrected chi connectivity index (χ4v) is 3.08. The highest BCUT2D eigenvalue weighted by Gasteiger charge is 2.58. The van der Waals surface area contributed by atoms with Crippen molar-refractivity contribution in [3.05, 3.63) is 0 Å². The number of hydrogen-bond donors (Lipinski definition) is 1. The molecule has 1 unspecified atom stereocenters. The summed E-state index contributed by atoms with van der Waals surface area (Å²) in [4.78, 5) is 27.9. The second-order valence-corrected chi connectivity index (χ2v) is 4.79. The second kappa shape index (κ2) is 3.45. The highest BCUT2D eigenvalue weighted by Crippen LogP contribution is 2.37. The Morgan fingerprint density at radius 3 is 3.12 bits per heavy atom. The van der Waals surface area contributed by atoms with Gasteiger partial charge in [-0.1, -0.05) is 0 Å². The number of carbonyl (C=O) groups excluding carboxylic acids is 2. The fraction of sp³-hybridized carbons (Fsp3) is 0.818. The van der Waals surface area contributed by atoms with Crippen LogP contribution in [0.2, 0.25) is 0 Å². The Kier molecular flexibility index (Phi) is 2.17. The van der Waals surface area contributed by atoms with Crippen LogP contribution < -0.4 is 5.32 Å².